The van der Waals surface area contributed by atoms with Crippen LogP contribution in [0.25, 0.3) is 5.69 Å². The molecule has 1 aromatic heterocycles. The van der Waals surface area contributed by atoms with Gasteiger partial charge in [0.2, 0.25) is 5.91 Å². The van der Waals surface area contributed by atoms with Gasteiger partial charge in [0.25, 0.3) is 5.91 Å². The number of carbonyl (C=O) groups excluding carboxylic acids is 2. The summed E-state index contributed by atoms with van der Waals surface area (Å²) in [6, 6.07) is 13.9. The highest BCUT2D eigenvalue weighted by atomic mass is 35.5. The molecule has 2 amide bonds. The summed E-state index contributed by atoms with van der Waals surface area (Å²) in [5.41, 5.74) is 1.64. The lowest BCUT2D eigenvalue weighted by molar-refractivity contribution is -0.116. The van der Waals surface area contributed by atoms with Crippen molar-refractivity contribution >= 4 is 40.8 Å². The average Bonchev–Trinajstić information content (AvgIpc) is 3.21. The van der Waals surface area contributed by atoms with E-state index >= 15 is 0 Å². The Morgan fingerprint density at radius 1 is 1.09 bits per heavy atom. The van der Waals surface area contributed by atoms with Crippen LogP contribution < -0.4 is 10.1 Å². The van der Waals surface area contributed by atoms with Crippen LogP contribution in [0.2, 0.25) is 10.0 Å². The number of carbonyl (C=O) groups is 2. The lowest BCUT2D eigenvalue weighted by Crippen LogP contribution is -2.38. The van der Waals surface area contributed by atoms with Crippen LogP contribution in [-0.2, 0) is 10.2 Å². The number of aromatic nitrogens is 2. The molecule has 1 heterocycles. The smallest absolute Gasteiger partial charge is 0.255 e. The number of hydrogen-bond acceptors (Lipinski definition) is 4. The minimum absolute atomic E-state index is 0.146. The van der Waals surface area contributed by atoms with Crippen LogP contribution in [-0.4, -0.2) is 46.7 Å². The van der Waals surface area contributed by atoms with E-state index in [4.69, 9.17) is 33.0 Å². The molecule has 9 heteroatoms. The normalized spacial score (nSPS) is 11.3. The third-order valence-corrected chi connectivity index (χ3v) is 5.78. The number of benzene rings is 2. The summed E-state index contributed by atoms with van der Waals surface area (Å²) in [7, 11) is 1.60. The van der Waals surface area contributed by atoms with Gasteiger partial charge in [-0.25, -0.2) is 4.68 Å². The van der Waals surface area contributed by atoms with Crippen molar-refractivity contribution in [2.45, 2.75) is 33.1 Å². The van der Waals surface area contributed by atoms with E-state index in [1.165, 1.54) is 11.0 Å². The van der Waals surface area contributed by atoms with E-state index in [9.17, 15) is 9.59 Å². The Kier molecular flexibility index (Phi) is 7.89. The predicted molar refractivity (Wildman–Crippen MR) is 135 cm³/mol. The van der Waals surface area contributed by atoms with E-state index in [0.29, 0.717) is 22.9 Å². The molecular weight excluding hydrogens is 475 g/mol. The molecule has 34 heavy (non-hydrogen) atoms. The standard InChI is InChI=1S/C25H28Cl2N4O3/c1-6-30(24(33)19-12-7-16(26)13-20(19)27)15-23(32)28-22-14-21(25(2,3)4)29-31(22)17-8-10-18(34-5)11-9-17/h7-14H,6,15H2,1-5H3,(H,28,32). The minimum atomic E-state index is -0.351. The van der Waals surface area contributed by atoms with Crippen molar-refractivity contribution in [1.82, 2.24) is 14.7 Å². The van der Waals surface area contributed by atoms with Crippen molar-refractivity contribution in [1.29, 1.82) is 0 Å². The molecule has 180 valence electrons. The average molecular weight is 503 g/mol. The van der Waals surface area contributed by atoms with E-state index in [2.05, 4.69) is 5.32 Å². The van der Waals surface area contributed by atoms with Crippen molar-refractivity contribution in [3.05, 3.63) is 69.8 Å². The third kappa shape index (κ3) is 5.90. The molecule has 0 aliphatic carbocycles. The Morgan fingerprint density at radius 2 is 1.76 bits per heavy atom. The number of rotatable bonds is 7. The number of halogens is 2. The molecule has 0 spiro atoms. The van der Waals surface area contributed by atoms with Gasteiger partial charge in [-0.15, -0.1) is 0 Å². The van der Waals surface area contributed by atoms with Crippen molar-refractivity contribution in [3.8, 4) is 11.4 Å². The van der Waals surface area contributed by atoms with E-state index < -0.39 is 0 Å². The first-order valence-corrected chi connectivity index (χ1v) is 11.6. The van der Waals surface area contributed by atoms with Crippen LogP contribution in [0.1, 0.15) is 43.7 Å². The zero-order valence-electron chi connectivity index (χ0n) is 19.9. The molecule has 3 aromatic rings. The largest absolute Gasteiger partial charge is 0.497 e. The van der Waals surface area contributed by atoms with Crippen LogP contribution in [0.3, 0.4) is 0 Å². The Labute approximate surface area is 209 Å². The second-order valence-electron chi connectivity index (χ2n) is 8.77. The molecule has 0 bridgehead atoms. The fourth-order valence-electron chi connectivity index (χ4n) is 3.27. The number of anilines is 1. The van der Waals surface area contributed by atoms with Gasteiger partial charge in [-0.3, -0.25) is 9.59 Å². The summed E-state index contributed by atoms with van der Waals surface area (Å²) in [6.45, 7) is 8.13. The second kappa shape index (κ2) is 10.5. The quantitative estimate of drug-likeness (QED) is 0.456. The Balaban J connectivity index is 1.84. The number of ether oxygens (including phenoxy) is 1. The van der Waals surface area contributed by atoms with Gasteiger partial charge < -0.3 is 15.0 Å². The maximum absolute atomic E-state index is 13.0. The topological polar surface area (TPSA) is 76.5 Å². The van der Waals surface area contributed by atoms with Crippen molar-refractivity contribution in [2.75, 3.05) is 25.5 Å². The first kappa shape index (κ1) is 25.6. The van der Waals surface area contributed by atoms with Gasteiger partial charge in [-0.2, -0.15) is 5.10 Å². The Bertz CT molecular complexity index is 1180. The molecular formula is C25H28Cl2N4O3. The monoisotopic (exact) mass is 502 g/mol. The molecule has 0 fully saturated rings. The SMILES string of the molecule is CCN(CC(=O)Nc1cc(C(C)(C)C)nn1-c1ccc(OC)cc1)C(=O)c1ccc(Cl)cc1Cl. The van der Waals surface area contributed by atoms with E-state index in [1.807, 2.05) is 51.1 Å². The van der Waals surface area contributed by atoms with Crippen LogP contribution in [0.4, 0.5) is 5.82 Å². The van der Waals surface area contributed by atoms with Crippen LogP contribution in [0.5, 0.6) is 5.75 Å². The van der Waals surface area contributed by atoms with Gasteiger partial charge in [0.15, 0.2) is 0 Å². The first-order chi connectivity index (χ1) is 16.0. The molecule has 7 nitrogen and oxygen atoms in total. The molecule has 3 rings (SSSR count). The van der Waals surface area contributed by atoms with E-state index in [-0.39, 0.29) is 28.8 Å². The molecule has 0 saturated carbocycles. The van der Waals surface area contributed by atoms with Crippen molar-refractivity contribution in [3.63, 3.8) is 0 Å². The van der Waals surface area contributed by atoms with Crippen LogP contribution in [0, 0.1) is 0 Å². The molecule has 0 saturated heterocycles. The highest BCUT2D eigenvalue weighted by molar-refractivity contribution is 6.36. The van der Waals surface area contributed by atoms with E-state index in [1.54, 1.807) is 30.8 Å². The molecule has 0 aliphatic rings. The summed E-state index contributed by atoms with van der Waals surface area (Å²) in [6.07, 6.45) is 0. The second-order valence-corrected chi connectivity index (χ2v) is 9.61. The maximum Gasteiger partial charge on any atom is 0.255 e. The van der Waals surface area contributed by atoms with Crippen LogP contribution in [0.15, 0.2) is 48.5 Å². The van der Waals surface area contributed by atoms with Crippen molar-refractivity contribution < 1.29 is 14.3 Å². The fourth-order valence-corrected chi connectivity index (χ4v) is 3.76. The number of hydrogen-bond donors (Lipinski definition) is 1. The minimum Gasteiger partial charge on any atom is -0.497 e. The van der Waals surface area contributed by atoms with Gasteiger partial charge in [0, 0.05) is 23.0 Å². The lowest BCUT2D eigenvalue weighted by Gasteiger charge is -2.21. The van der Waals surface area contributed by atoms with Crippen LogP contribution >= 0.6 is 23.2 Å². The zero-order chi connectivity index (χ0) is 25.0. The third-order valence-electron chi connectivity index (χ3n) is 5.23. The summed E-state index contributed by atoms with van der Waals surface area (Å²) in [5.74, 6) is 0.525. The van der Waals surface area contributed by atoms with Crippen molar-refractivity contribution in [2.24, 2.45) is 0 Å². The fraction of sp³-hybridized carbons (Fsp3) is 0.320. The lowest BCUT2D eigenvalue weighted by atomic mass is 9.92. The number of likely N-dealkylation sites (N-methyl/N-ethyl adjacent to an activating group) is 1. The van der Waals surface area contributed by atoms with Gasteiger partial charge in [-0.1, -0.05) is 44.0 Å². The first-order valence-electron chi connectivity index (χ1n) is 10.8. The number of methoxy groups -OCH3 is 1. The van der Waals surface area contributed by atoms with Gasteiger partial charge in [0.1, 0.15) is 18.1 Å². The summed E-state index contributed by atoms with van der Waals surface area (Å²) in [5, 5.41) is 8.29. The Morgan fingerprint density at radius 3 is 2.32 bits per heavy atom. The number of amides is 2. The van der Waals surface area contributed by atoms with Gasteiger partial charge >= 0.3 is 0 Å². The summed E-state index contributed by atoms with van der Waals surface area (Å²) < 4.78 is 6.91. The Hall–Kier alpha value is -3.03. The molecule has 2 aromatic carbocycles. The highest BCUT2D eigenvalue weighted by Crippen LogP contribution is 2.27. The maximum atomic E-state index is 13.0. The zero-order valence-corrected chi connectivity index (χ0v) is 21.4. The molecule has 1 N–H and O–H groups in total. The predicted octanol–water partition coefficient (Wildman–Crippen LogP) is 5.59. The van der Waals surface area contributed by atoms with Gasteiger partial charge in [0.05, 0.1) is 29.1 Å². The molecule has 0 atom stereocenters. The molecule has 0 aliphatic heterocycles. The summed E-state index contributed by atoms with van der Waals surface area (Å²) in [4.78, 5) is 27.4. The van der Waals surface area contributed by atoms with Gasteiger partial charge in [-0.05, 0) is 49.4 Å². The number of nitrogens with zero attached hydrogens (tertiary/aromatic N) is 3. The summed E-state index contributed by atoms with van der Waals surface area (Å²) >= 11 is 12.1. The molecule has 0 radical (unpaired) electrons. The number of nitrogens with one attached hydrogen (secondary N) is 1. The van der Waals surface area contributed by atoms with E-state index in [0.717, 1.165) is 17.1 Å². The highest BCUT2D eigenvalue weighted by Gasteiger charge is 2.24. The molecule has 0 unspecified atom stereocenters.